The van der Waals surface area contributed by atoms with Crippen molar-refractivity contribution < 1.29 is 45.5 Å². The van der Waals surface area contributed by atoms with E-state index in [1.807, 2.05) is 34.6 Å². The highest BCUT2D eigenvalue weighted by Crippen LogP contribution is 2.57. The fourth-order valence-corrected chi connectivity index (χ4v) is 7.50. The van der Waals surface area contributed by atoms with E-state index in [0.717, 1.165) is 38.6 Å². The van der Waals surface area contributed by atoms with Gasteiger partial charge in [0.25, 0.3) is 23.6 Å². The lowest BCUT2D eigenvalue weighted by molar-refractivity contribution is -0.288. The number of anilines is 1. The number of halogens is 6. The molecule has 260 valence electrons. The van der Waals surface area contributed by atoms with Crippen LogP contribution in [0.2, 0.25) is 0 Å². The van der Waals surface area contributed by atoms with Crippen LogP contribution in [0.15, 0.2) is 36.4 Å². The minimum absolute atomic E-state index is 0.221. The average molecular weight is 687 g/mol. The molecule has 0 saturated carbocycles. The number of carbonyl (C=O) groups excluding carboxylic acids is 4. The van der Waals surface area contributed by atoms with E-state index in [0.29, 0.717) is 35.4 Å². The van der Waals surface area contributed by atoms with Gasteiger partial charge in [0.2, 0.25) is 5.41 Å². The van der Waals surface area contributed by atoms with Gasteiger partial charge in [0.1, 0.15) is 0 Å². The van der Waals surface area contributed by atoms with Crippen molar-refractivity contribution in [3.63, 3.8) is 0 Å². The summed E-state index contributed by atoms with van der Waals surface area (Å²) in [4.78, 5) is 55.4. The highest BCUT2D eigenvalue weighted by atomic mass is 19.4. The highest BCUT2D eigenvalue weighted by molar-refractivity contribution is 6.35. The number of hydrogen-bond acceptors (Lipinski definition) is 4. The second-order valence-electron chi connectivity index (χ2n) is 14.8. The first kappa shape index (κ1) is 35.8. The molecule has 0 saturated heterocycles. The fourth-order valence-electron chi connectivity index (χ4n) is 7.50. The van der Waals surface area contributed by atoms with Crippen LogP contribution in [-0.2, 0) is 10.8 Å². The van der Waals surface area contributed by atoms with Crippen LogP contribution in [0.5, 0.6) is 0 Å². The molecular formula is C37H36F6N2O4. The average Bonchev–Trinajstić information content (AvgIpc) is 3.34. The maximum absolute atomic E-state index is 15.2. The Morgan fingerprint density at radius 2 is 0.878 bits per heavy atom. The van der Waals surface area contributed by atoms with Crippen molar-refractivity contribution >= 4 is 29.3 Å². The zero-order chi connectivity index (χ0) is 37.1. The molecule has 49 heavy (non-hydrogen) atoms. The summed E-state index contributed by atoms with van der Waals surface area (Å²) in [5, 5.41) is 0. The van der Waals surface area contributed by atoms with Crippen LogP contribution in [0.3, 0.4) is 0 Å². The number of rotatable bonds is 3. The number of imide groups is 2. The largest absolute Gasteiger partial charge is 0.411 e. The number of nitrogens with zero attached hydrogens (tertiary/aromatic N) is 2. The Morgan fingerprint density at radius 3 is 1.27 bits per heavy atom. The molecule has 6 nitrogen and oxygen atoms in total. The summed E-state index contributed by atoms with van der Waals surface area (Å²) < 4.78 is 91.1. The molecule has 3 aromatic rings. The summed E-state index contributed by atoms with van der Waals surface area (Å²) >= 11 is 0. The molecule has 2 aliphatic rings. The Labute approximate surface area is 280 Å². The molecule has 2 aliphatic heterocycles. The topological polar surface area (TPSA) is 74.8 Å². The van der Waals surface area contributed by atoms with Crippen molar-refractivity contribution in [2.24, 2.45) is 0 Å². The van der Waals surface area contributed by atoms with Gasteiger partial charge in [-0.1, -0.05) is 32.9 Å². The number of hydrogen-bond donors (Lipinski definition) is 0. The molecular weight excluding hydrogens is 650 g/mol. The van der Waals surface area contributed by atoms with Crippen LogP contribution >= 0.6 is 0 Å². The third-order valence-corrected chi connectivity index (χ3v) is 9.72. The Kier molecular flexibility index (Phi) is 7.86. The van der Waals surface area contributed by atoms with E-state index in [9.17, 15) is 19.2 Å². The molecule has 0 fully saturated rings. The summed E-state index contributed by atoms with van der Waals surface area (Å²) in [6.45, 7) is 17.6. The number of amides is 4. The van der Waals surface area contributed by atoms with E-state index in [2.05, 4.69) is 0 Å². The zero-order valence-corrected chi connectivity index (χ0v) is 28.8. The Bertz CT molecular complexity index is 1950. The highest BCUT2D eigenvalue weighted by Gasteiger charge is 2.73. The molecule has 0 N–H and O–H groups in total. The number of alkyl halides is 6. The molecule has 0 bridgehead atoms. The smallest absolute Gasteiger partial charge is 0.269 e. The molecule has 12 heteroatoms. The normalized spacial score (nSPS) is 15.8. The molecule has 0 radical (unpaired) electrons. The van der Waals surface area contributed by atoms with Gasteiger partial charge in [-0.2, -0.15) is 26.3 Å². The quantitative estimate of drug-likeness (QED) is 0.204. The van der Waals surface area contributed by atoms with E-state index in [4.69, 9.17) is 0 Å². The fraction of sp³-hybridized carbons (Fsp3) is 0.405. The van der Waals surface area contributed by atoms with Crippen LogP contribution < -0.4 is 4.90 Å². The van der Waals surface area contributed by atoms with E-state index in [1.54, 1.807) is 13.8 Å². The lowest BCUT2D eigenvalue weighted by Crippen LogP contribution is -2.55. The summed E-state index contributed by atoms with van der Waals surface area (Å²) in [6.07, 6.45) is -12.1. The Hall–Kier alpha value is -4.48. The maximum Gasteiger partial charge on any atom is 0.411 e. The van der Waals surface area contributed by atoms with Crippen LogP contribution in [0.1, 0.15) is 122 Å². The van der Waals surface area contributed by atoms with Crippen LogP contribution in [0.4, 0.5) is 32.0 Å². The van der Waals surface area contributed by atoms with Gasteiger partial charge in [0.15, 0.2) is 0 Å². The molecule has 4 amide bonds. The Morgan fingerprint density at radius 1 is 0.510 bits per heavy atom. The number of fused-ring (bicyclic) bond motifs is 2. The molecule has 0 aliphatic carbocycles. The lowest BCUT2D eigenvalue weighted by atomic mass is 9.71. The lowest BCUT2D eigenvalue weighted by Gasteiger charge is -2.38. The molecule has 0 atom stereocenters. The number of benzene rings is 3. The summed E-state index contributed by atoms with van der Waals surface area (Å²) in [5.74, 6) is -3.83. The van der Waals surface area contributed by atoms with Gasteiger partial charge >= 0.3 is 12.4 Å². The van der Waals surface area contributed by atoms with Gasteiger partial charge in [-0.15, -0.1) is 0 Å². The first-order chi connectivity index (χ1) is 22.2. The zero-order valence-electron chi connectivity index (χ0n) is 28.8. The first-order valence-electron chi connectivity index (χ1n) is 15.5. The number of carbonyl (C=O) groups is 4. The molecule has 5 rings (SSSR count). The molecule has 2 heterocycles. The third-order valence-electron chi connectivity index (χ3n) is 9.72. The van der Waals surface area contributed by atoms with Crippen molar-refractivity contribution in [3.05, 3.63) is 97.6 Å². The molecule has 0 unspecified atom stereocenters. The van der Waals surface area contributed by atoms with Crippen LogP contribution in [0, 0.1) is 27.7 Å². The van der Waals surface area contributed by atoms with Crippen molar-refractivity contribution in [1.82, 2.24) is 4.90 Å². The second kappa shape index (κ2) is 10.8. The van der Waals surface area contributed by atoms with E-state index in [-0.39, 0.29) is 22.2 Å². The van der Waals surface area contributed by atoms with E-state index in [1.165, 1.54) is 20.8 Å². The standard InChI is InChI=1S/C37H36F6N2O4/c1-17-19(3)28(20(4)18(2)27(17)33(5,6)7)44-29(46)23-13-11-21(15-25(23)30(44)47)35(36(38,39)40,37(41,42)43)22-12-14-24-26(16-22)32(49)45(31(24)48)34(8,9)10/h11-16H,1-10H3. The van der Waals surface area contributed by atoms with E-state index < -0.39 is 69.2 Å². The van der Waals surface area contributed by atoms with Gasteiger partial charge in [-0.3, -0.25) is 24.1 Å². The molecule has 0 spiro atoms. The van der Waals surface area contributed by atoms with Gasteiger partial charge in [0, 0.05) is 5.54 Å². The molecule has 0 aromatic heterocycles. The van der Waals surface area contributed by atoms with Crippen LogP contribution in [-0.4, -0.2) is 46.4 Å². The second-order valence-corrected chi connectivity index (χ2v) is 14.8. The first-order valence-corrected chi connectivity index (χ1v) is 15.5. The summed E-state index contributed by atoms with van der Waals surface area (Å²) in [6, 6.07) is 3.56. The third kappa shape index (κ3) is 4.92. The monoisotopic (exact) mass is 686 g/mol. The van der Waals surface area contributed by atoms with Crippen molar-refractivity contribution in [1.29, 1.82) is 0 Å². The summed E-state index contributed by atoms with van der Waals surface area (Å²) in [5.41, 5.74) is -6.87. The van der Waals surface area contributed by atoms with Gasteiger partial charge < -0.3 is 0 Å². The van der Waals surface area contributed by atoms with Crippen molar-refractivity contribution in [3.8, 4) is 0 Å². The minimum Gasteiger partial charge on any atom is -0.269 e. The van der Waals surface area contributed by atoms with E-state index >= 15 is 26.3 Å². The van der Waals surface area contributed by atoms with Crippen molar-refractivity contribution in [2.75, 3.05) is 4.90 Å². The van der Waals surface area contributed by atoms with Crippen molar-refractivity contribution in [2.45, 2.75) is 98.0 Å². The predicted octanol–water partition coefficient (Wildman–Crippen LogP) is 8.82. The Balaban J connectivity index is 1.73. The van der Waals surface area contributed by atoms with Gasteiger partial charge in [-0.05, 0) is 117 Å². The van der Waals surface area contributed by atoms with Crippen LogP contribution in [0.25, 0.3) is 0 Å². The predicted molar refractivity (Wildman–Crippen MR) is 171 cm³/mol. The maximum atomic E-state index is 15.2. The SMILES string of the molecule is Cc1c(C)c(C(C)(C)C)c(C)c(C)c1N1C(=O)c2ccc(C(c3ccc4c(c3)C(=O)N(C(C)(C)C)C4=O)(C(F)(F)F)C(F)(F)F)cc2C1=O. The van der Waals surface area contributed by atoms with Gasteiger partial charge in [0.05, 0.1) is 27.9 Å². The molecule has 3 aromatic carbocycles. The minimum atomic E-state index is -6.06. The van der Waals surface area contributed by atoms with Gasteiger partial charge in [-0.25, -0.2) is 4.90 Å². The summed E-state index contributed by atoms with van der Waals surface area (Å²) in [7, 11) is 0.